The van der Waals surface area contributed by atoms with Crippen LogP contribution in [0.25, 0.3) is 0 Å². The number of rotatable bonds is 3. The minimum Gasteiger partial charge on any atom is -0.314 e. The summed E-state index contributed by atoms with van der Waals surface area (Å²) in [7, 11) is -3.04. The second-order valence-electron chi connectivity index (χ2n) is 4.58. The van der Waals surface area contributed by atoms with E-state index >= 15 is 0 Å². The third-order valence-corrected chi connectivity index (χ3v) is 4.77. The van der Waals surface area contributed by atoms with Crippen LogP contribution >= 0.6 is 0 Å². The molecule has 1 aromatic rings. The fourth-order valence-corrected chi connectivity index (χ4v) is 3.98. The van der Waals surface area contributed by atoms with Crippen LogP contribution in [0.5, 0.6) is 0 Å². The van der Waals surface area contributed by atoms with Gasteiger partial charge in [-0.1, -0.05) is 32.0 Å². The fourth-order valence-electron chi connectivity index (χ4n) is 2.09. The molecule has 1 atom stereocenters. The number of hydrogen-bond donors (Lipinski definition) is 1. The first kappa shape index (κ1) is 11.6. The Morgan fingerprint density at radius 2 is 2.06 bits per heavy atom. The molecular weight excluding hydrogens is 222 g/mol. The highest BCUT2D eigenvalue weighted by Gasteiger charge is 2.33. The van der Waals surface area contributed by atoms with Crippen molar-refractivity contribution in [3.63, 3.8) is 0 Å². The zero-order chi connectivity index (χ0) is 11.8. The van der Waals surface area contributed by atoms with Gasteiger partial charge in [0.2, 0.25) is 0 Å². The second-order valence-corrected chi connectivity index (χ2v) is 6.58. The summed E-state index contributed by atoms with van der Waals surface area (Å²) in [6.07, 6.45) is 0. The molecule has 3 nitrogen and oxygen atoms in total. The molecule has 1 unspecified atom stereocenters. The molecule has 0 saturated carbocycles. The molecular formula is C12H17NO2S. The Morgan fingerprint density at radius 3 is 2.75 bits per heavy atom. The minimum absolute atomic E-state index is 0.101. The standard InChI is InChI=1S/C12H17NO2S/c1-9(2)13-7-10-8-16(14,15)12-6-4-3-5-11(10)12/h3-6,9-10,13H,7-8H2,1-2H3. The lowest BCUT2D eigenvalue weighted by Crippen LogP contribution is -2.28. The van der Waals surface area contributed by atoms with E-state index in [1.54, 1.807) is 12.1 Å². The first-order valence-electron chi connectivity index (χ1n) is 5.56. The van der Waals surface area contributed by atoms with Crippen LogP contribution in [0.2, 0.25) is 0 Å². The van der Waals surface area contributed by atoms with Gasteiger partial charge in [-0.25, -0.2) is 8.42 Å². The number of hydrogen-bond acceptors (Lipinski definition) is 3. The van der Waals surface area contributed by atoms with Crippen LogP contribution in [0.3, 0.4) is 0 Å². The maximum atomic E-state index is 11.9. The molecule has 1 heterocycles. The van der Waals surface area contributed by atoms with Crippen molar-refractivity contribution in [2.75, 3.05) is 12.3 Å². The second kappa shape index (κ2) is 4.18. The average molecular weight is 239 g/mol. The van der Waals surface area contributed by atoms with Crippen molar-refractivity contribution in [2.45, 2.75) is 30.7 Å². The van der Waals surface area contributed by atoms with Crippen molar-refractivity contribution < 1.29 is 8.42 Å². The SMILES string of the molecule is CC(C)NCC1CS(=O)(=O)c2ccccc21. The molecule has 1 aliphatic heterocycles. The van der Waals surface area contributed by atoms with Crippen molar-refractivity contribution in [1.82, 2.24) is 5.32 Å². The van der Waals surface area contributed by atoms with Gasteiger partial charge in [-0.05, 0) is 11.6 Å². The van der Waals surface area contributed by atoms with Gasteiger partial charge in [0.15, 0.2) is 9.84 Å². The molecule has 4 heteroatoms. The molecule has 0 amide bonds. The van der Waals surface area contributed by atoms with Crippen molar-refractivity contribution in [1.29, 1.82) is 0 Å². The molecule has 0 aromatic heterocycles. The Kier molecular flexibility index (Phi) is 3.04. The Bertz CT molecular complexity index is 480. The number of fused-ring (bicyclic) bond motifs is 1. The minimum atomic E-state index is -3.04. The zero-order valence-electron chi connectivity index (χ0n) is 9.60. The van der Waals surface area contributed by atoms with Crippen molar-refractivity contribution in [2.24, 2.45) is 0 Å². The van der Waals surface area contributed by atoms with Crippen LogP contribution in [-0.4, -0.2) is 26.8 Å². The predicted molar refractivity (Wildman–Crippen MR) is 64.4 cm³/mol. The fraction of sp³-hybridized carbons (Fsp3) is 0.500. The van der Waals surface area contributed by atoms with E-state index in [9.17, 15) is 8.42 Å². The first-order chi connectivity index (χ1) is 7.50. The Labute approximate surface area is 96.8 Å². The lowest BCUT2D eigenvalue weighted by atomic mass is 10.0. The van der Waals surface area contributed by atoms with E-state index in [0.29, 0.717) is 10.9 Å². The Hall–Kier alpha value is -0.870. The van der Waals surface area contributed by atoms with Gasteiger partial charge in [-0.3, -0.25) is 0 Å². The van der Waals surface area contributed by atoms with Crippen LogP contribution in [0.15, 0.2) is 29.2 Å². The summed E-state index contributed by atoms with van der Waals surface area (Å²) < 4.78 is 23.8. The van der Waals surface area contributed by atoms with Gasteiger partial charge in [0.25, 0.3) is 0 Å². The summed E-state index contributed by atoms with van der Waals surface area (Å²) in [5.41, 5.74) is 0.968. The smallest absolute Gasteiger partial charge is 0.179 e. The molecule has 1 aliphatic rings. The van der Waals surface area contributed by atoms with Gasteiger partial charge in [0.1, 0.15) is 0 Å². The first-order valence-corrected chi connectivity index (χ1v) is 7.21. The normalized spacial score (nSPS) is 22.3. The summed E-state index contributed by atoms with van der Waals surface area (Å²) in [5, 5.41) is 3.30. The van der Waals surface area contributed by atoms with Crippen LogP contribution in [-0.2, 0) is 9.84 Å². The monoisotopic (exact) mass is 239 g/mol. The summed E-state index contributed by atoms with van der Waals surface area (Å²) >= 11 is 0. The highest BCUT2D eigenvalue weighted by atomic mass is 32.2. The zero-order valence-corrected chi connectivity index (χ0v) is 10.4. The lowest BCUT2D eigenvalue weighted by molar-refractivity contribution is 0.547. The van der Waals surface area contributed by atoms with Gasteiger partial charge in [-0.15, -0.1) is 0 Å². The Morgan fingerprint density at radius 1 is 1.38 bits per heavy atom. The summed E-state index contributed by atoms with van der Waals surface area (Å²) in [5.74, 6) is 0.343. The van der Waals surface area contributed by atoms with Crippen LogP contribution in [0.4, 0.5) is 0 Å². The van der Waals surface area contributed by atoms with E-state index in [-0.39, 0.29) is 11.7 Å². The largest absolute Gasteiger partial charge is 0.314 e. The molecule has 16 heavy (non-hydrogen) atoms. The van der Waals surface area contributed by atoms with Crippen molar-refractivity contribution in [3.8, 4) is 0 Å². The lowest BCUT2D eigenvalue weighted by Gasteiger charge is -2.13. The van der Waals surface area contributed by atoms with Gasteiger partial charge in [0, 0.05) is 18.5 Å². The molecule has 0 fully saturated rings. The predicted octanol–water partition coefficient (Wildman–Crippen LogP) is 1.56. The molecule has 88 valence electrons. The molecule has 0 spiro atoms. The molecule has 0 radical (unpaired) electrons. The van der Waals surface area contributed by atoms with E-state index in [0.717, 1.165) is 12.1 Å². The third-order valence-electron chi connectivity index (χ3n) is 2.89. The number of sulfone groups is 1. The van der Waals surface area contributed by atoms with Crippen LogP contribution in [0, 0.1) is 0 Å². The topological polar surface area (TPSA) is 46.2 Å². The maximum absolute atomic E-state index is 11.9. The number of nitrogens with one attached hydrogen (secondary N) is 1. The van der Waals surface area contributed by atoms with E-state index in [4.69, 9.17) is 0 Å². The van der Waals surface area contributed by atoms with Gasteiger partial charge >= 0.3 is 0 Å². The molecule has 2 rings (SSSR count). The Balaban J connectivity index is 2.27. The van der Waals surface area contributed by atoms with Crippen molar-refractivity contribution >= 4 is 9.84 Å². The third kappa shape index (κ3) is 2.13. The average Bonchev–Trinajstić information content (AvgIpc) is 2.49. The quantitative estimate of drug-likeness (QED) is 0.870. The van der Waals surface area contributed by atoms with Crippen LogP contribution < -0.4 is 5.32 Å². The number of benzene rings is 1. The summed E-state index contributed by atoms with van der Waals surface area (Å²) in [4.78, 5) is 0.519. The van der Waals surface area contributed by atoms with E-state index in [1.807, 2.05) is 12.1 Å². The van der Waals surface area contributed by atoms with E-state index < -0.39 is 9.84 Å². The molecule has 0 saturated heterocycles. The van der Waals surface area contributed by atoms with Crippen molar-refractivity contribution in [3.05, 3.63) is 29.8 Å². The molecule has 1 aromatic carbocycles. The van der Waals surface area contributed by atoms with Gasteiger partial charge in [0.05, 0.1) is 10.6 Å². The maximum Gasteiger partial charge on any atom is 0.179 e. The van der Waals surface area contributed by atoms with Crippen LogP contribution in [0.1, 0.15) is 25.3 Å². The molecule has 1 N–H and O–H groups in total. The summed E-state index contributed by atoms with van der Waals surface area (Å²) in [6.45, 7) is 4.86. The molecule has 0 aliphatic carbocycles. The van der Waals surface area contributed by atoms with Gasteiger partial charge in [-0.2, -0.15) is 0 Å². The van der Waals surface area contributed by atoms with E-state index in [2.05, 4.69) is 19.2 Å². The molecule has 0 bridgehead atoms. The highest BCUT2D eigenvalue weighted by Crippen LogP contribution is 2.34. The van der Waals surface area contributed by atoms with E-state index in [1.165, 1.54) is 0 Å². The van der Waals surface area contributed by atoms with Gasteiger partial charge < -0.3 is 5.32 Å². The summed E-state index contributed by atoms with van der Waals surface area (Å²) in [6, 6.07) is 7.71. The highest BCUT2D eigenvalue weighted by molar-refractivity contribution is 7.91.